The zero-order valence-corrected chi connectivity index (χ0v) is 22.8. The number of methoxy groups -OCH3 is 1. The fraction of sp³-hybridized carbons (Fsp3) is 0.357. The van der Waals surface area contributed by atoms with Gasteiger partial charge in [0.15, 0.2) is 11.0 Å². The van der Waals surface area contributed by atoms with Crippen molar-refractivity contribution in [1.82, 2.24) is 20.1 Å². The minimum atomic E-state index is -0.386. The number of hydrogen-bond donors (Lipinski definition) is 2. The fourth-order valence-electron chi connectivity index (χ4n) is 3.86. The molecular weight excluding hydrogens is 486 g/mol. The molecular formula is C28H35N5O3S. The lowest BCUT2D eigenvalue weighted by Gasteiger charge is -2.22. The van der Waals surface area contributed by atoms with Gasteiger partial charge in [-0.3, -0.25) is 9.59 Å². The molecule has 0 aliphatic carbocycles. The Bertz CT molecular complexity index is 1220. The number of allylic oxidation sites excluding steroid dienone is 1. The van der Waals surface area contributed by atoms with Crippen LogP contribution in [-0.2, 0) is 11.3 Å². The normalized spacial score (nSPS) is 11.9. The highest BCUT2D eigenvalue weighted by Crippen LogP contribution is 2.27. The van der Waals surface area contributed by atoms with Crippen LogP contribution in [0.25, 0.3) is 0 Å². The molecule has 0 saturated heterocycles. The molecule has 2 amide bonds. The maximum absolute atomic E-state index is 13.0. The molecule has 1 unspecified atom stereocenters. The van der Waals surface area contributed by atoms with E-state index in [4.69, 9.17) is 4.74 Å². The summed E-state index contributed by atoms with van der Waals surface area (Å²) in [6.45, 7) is 12.5. The first-order valence-corrected chi connectivity index (χ1v) is 13.2. The smallest absolute Gasteiger partial charge is 0.251 e. The van der Waals surface area contributed by atoms with Gasteiger partial charge in [-0.2, -0.15) is 0 Å². The highest BCUT2D eigenvalue weighted by Gasteiger charge is 2.26. The van der Waals surface area contributed by atoms with Crippen molar-refractivity contribution >= 4 is 29.3 Å². The van der Waals surface area contributed by atoms with Crippen molar-refractivity contribution in [2.24, 2.45) is 5.92 Å². The zero-order chi connectivity index (χ0) is 26.9. The zero-order valence-electron chi connectivity index (χ0n) is 22.0. The largest absolute Gasteiger partial charge is 0.497 e. The molecule has 3 aromatic rings. The maximum Gasteiger partial charge on any atom is 0.251 e. The van der Waals surface area contributed by atoms with Crippen molar-refractivity contribution < 1.29 is 14.3 Å². The van der Waals surface area contributed by atoms with Crippen LogP contribution in [0.3, 0.4) is 0 Å². The van der Waals surface area contributed by atoms with E-state index in [1.54, 1.807) is 37.5 Å². The number of amides is 2. The van der Waals surface area contributed by atoms with Gasteiger partial charge in [0.25, 0.3) is 5.91 Å². The number of benzene rings is 2. The second-order valence-electron chi connectivity index (χ2n) is 9.24. The lowest BCUT2D eigenvalue weighted by molar-refractivity contribution is -0.113. The highest BCUT2D eigenvalue weighted by atomic mass is 32.2. The van der Waals surface area contributed by atoms with E-state index >= 15 is 0 Å². The number of carbonyl (C=O) groups excluding carboxylic acids is 2. The van der Waals surface area contributed by atoms with Gasteiger partial charge < -0.3 is 19.9 Å². The number of para-hydroxylation sites is 1. The van der Waals surface area contributed by atoms with Crippen LogP contribution in [0.2, 0.25) is 0 Å². The van der Waals surface area contributed by atoms with Gasteiger partial charge in [-0.25, -0.2) is 0 Å². The third-order valence-corrected chi connectivity index (χ3v) is 6.80. The molecule has 0 spiro atoms. The molecule has 37 heavy (non-hydrogen) atoms. The van der Waals surface area contributed by atoms with E-state index in [2.05, 4.69) is 41.3 Å². The second-order valence-corrected chi connectivity index (χ2v) is 10.2. The van der Waals surface area contributed by atoms with Crippen molar-refractivity contribution in [1.29, 1.82) is 0 Å². The molecule has 2 N–H and O–H groups in total. The third kappa shape index (κ3) is 7.22. The maximum atomic E-state index is 13.0. The molecule has 0 saturated carbocycles. The third-order valence-electron chi connectivity index (χ3n) is 5.83. The minimum Gasteiger partial charge on any atom is -0.497 e. The molecule has 0 fully saturated rings. The topological polar surface area (TPSA) is 98.1 Å². The predicted molar refractivity (Wildman–Crippen MR) is 148 cm³/mol. The van der Waals surface area contributed by atoms with Crippen LogP contribution in [0.5, 0.6) is 5.75 Å². The van der Waals surface area contributed by atoms with Gasteiger partial charge in [-0.05, 0) is 47.7 Å². The predicted octanol–water partition coefficient (Wildman–Crippen LogP) is 5.45. The Morgan fingerprint density at radius 3 is 2.41 bits per heavy atom. The van der Waals surface area contributed by atoms with E-state index in [9.17, 15) is 9.59 Å². The fourth-order valence-corrected chi connectivity index (χ4v) is 4.62. The summed E-state index contributed by atoms with van der Waals surface area (Å²) in [7, 11) is 1.58. The van der Waals surface area contributed by atoms with Gasteiger partial charge in [0.1, 0.15) is 5.75 Å². The van der Waals surface area contributed by atoms with Crippen molar-refractivity contribution in [2.75, 3.05) is 18.2 Å². The molecule has 196 valence electrons. The Labute approximate surface area is 222 Å². The number of aromatic nitrogens is 3. The summed E-state index contributed by atoms with van der Waals surface area (Å²) in [4.78, 5) is 25.7. The molecule has 0 aliphatic rings. The molecule has 3 rings (SSSR count). The van der Waals surface area contributed by atoms with Gasteiger partial charge >= 0.3 is 0 Å². The number of nitrogens with zero attached hydrogens (tertiary/aromatic N) is 3. The number of nitrogens with one attached hydrogen (secondary N) is 2. The lowest BCUT2D eigenvalue weighted by atomic mass is 10.0. The Morgan fingerprint density at radius 1 is 1.08 bits per heavy atom. The van der Waals surface area contributed by atoms with Crippen molar-refractivity contribution in [3.63, 3.8) is 0 Å². The minimum absolute atomic E-state index is 0.0450. The molecule has 1 atom stereocenters. The van der Waals surface area contributed by atoms with Gasteiger partial charge in [0, 0.05) is 17.8 Å². The first kappa shape index (κ1) is 28.0. The Balaban J connectivity index is 1.75. The van der Waals surface area contributed by atoms with Crippen LogP contribution in [-0.4, -0.2) is 39.4 Å². The van der Waals surface area contributed by atoms with Crippen LogP contribution in [0.4, 0.5) is 5.69 Å². The van der Waals surface area contributed by atoms with Crippen LogP contribution < -0.4 is 15.4 Å². The van der Waals surface area contributed by atoms with Gasteiger partial charge in [0.2, 0.25) is 5.91 Å². The molecule has 0 aliphatic heterocycles. The molecule has 2 aromatic carbocycles. The van der Waals surface area contributed by atoms with Gasteiger partial charge in [-0.1, -0.05) is 63.7 Å². The summed E-state index contributed by atoms with van der Waals surface area (Å²) in [5, 5.41) is 15.4. The first-order valence-electron chi connectivity index (χ1n) is 12.3. The van der Waals surface area contributed by atoms with Crippen LogP contribution in [0, 0.1) is 5.92 Å². The number of anilines is 1. The number of rotatable bonds is 12. The number of thioether (sulfide) groups is 1. The van der Waals surface area contributed by atoms with Crippen molar-refractivity contribution in [3.8, 4) is 5.75 Å². The summed E-state index contributed by atoms with van der Waals surface area (Å²) in [6.07, 6.45) is 1.75. The summed E-state index contributed by atoms with van der Waals surface area (Å²) in [5.41, 5.74) is 2.43. The Morgan fingerprint density at radius 2 is 1.78 bits per heavy atom. The molecule has 1 heterocycles. The highest BCUT2D eigenvalue weighted by molar-refractivity contribution is 7.99. The van der Waals surface area contributed by atoms with Gasteiger partial charge in [-0.15, -0.1) is 16.8 Å². The SMILES string of the molecule is C=CCn1c(SCC(=O)Nc2ccccc2C(C)C)nnc1C(NC(=O)c1ccc(OC)cc1)C(C)C. The van der Waals surface area contributed by atoms with Crippen LogP contribution in [0.15, 0.2) is 66.3 Å². The molecule has 1 aromatic heterocycles. The van der Waals surface area contributed by atoms with E-state index in [1.165, 1.54) is 11.8 Å². The summed E-state index contributed by atoms with van der Waals surface area (Å²) < 4.78 is 7.07. The van der Waals surface area contributed by atoms with Crippen LogP contribution in [0.1, 0.15) is 61.4 Å². The van der Waals surface area contributed by atoms with E-state index in [-0.39, 0.29) is 29.5 Å². The van der Waals surface area contributed by atoms with Gasteiger partial charge in [0.05, 0.1) is 18.9 Å². The quantitative estimate of drug-likeness (QED) is 0.243. The van der Waals surface area contributed by atoms with E-state index in [0.29, 0.717) is 34.8 Å². The average molecular weight is 522 g/mol. The van der Waals surface area contributed by atoms with Crippen molar-refractivity contribution in [2.45, 2.75) is 51.4 Å². The molecule has 0 radical (unpaired) electrons. The molecule has 0 bridgehead atoms. The van der Waals surface area contributed by atoms with Crippen LogP contribution >= 0.6 is 11.8 Å². The average Bonchev–Trinajstić information content (AvgIpc) is 3.28. The first-order chi connectivity index (χ1) is 17.7. The monoisotopic (exact) mass is 521 g/mol. The summed E-state index contributed by atoms with van der Waals surface area (Å²) in [6, 6.07) is 14.4. The Kier molecular flexibility index (Phi) is 9.91. The number of carbonyl (C=O) groups is 2. The molecule has 8 nitrogen and oxygen atoms in total. The lowest BCUT2D eigenvalue weighted by Crippen LogP contribution is -2.33. The number of hydrogen-bond acceptors (Lipinski definition) is 6. The molecule has 9 heteroatoms. The van der Waals surface area contributed by atoms with E-state index in [1.807, 2.05) is 42.7 Å². The Hall–Kier alpha value is -3.59. The second kappa shape index (κ2) is 13.1. The number of ether oxygens (including phenoxy) is 1. The van der Waals surface area contributed by atoms with Crippen molar-refractivity contribution in [3.05, 3.63) is 78.1 Å². The summed E-state index contributed by atoms with van der Waals surface area (Å²) in [5.74, 6) is 1.47. The van der Waals surface area contributed by atoms with E-state index < -0.39 is 0 Å². The standard InChI is InChI=1S/C28H35N5O3S/c1-7-16-33-26(25(19(4)5)30-27(35)20-12-14-21(36-6)15-13-20)31-32-28(33)37-17-24(34)29-23-11-9-8-10-22(23)18(2)3/h7-15,18-19,25H,1,16-17H2,2-6H3,(H,29,34)(H,30,35). The summed E-state index contributed by atoms with van der Waals surface area (Å²) >= 11 is 1.30. The van der Waals surface area contributed by atoms with E-state index in [0.717, 1.165) is 11.3 Å².